The van der Waals surface area contributed by atoms with Gasteiger partial charge < -0.3 is 5.11 Å². The number of hydrogen-bond acceptors (Lipinski definition) is 1. The fraction of sp³-hybridized carbons (Fsp3) is 0.600. The maximum atomic E-state index is 12.5. The number of rotatable bonds is 2. The highest BCUT2D eigenvalue weighted by atomic mass is 19.4. The zero-order valence-corrected chi connectivity index (χ0v) is 11.0. The molecule has 0 amide bonds. The zero-order chi connectivity index (χ0) is 14.1. The molecule has 0 atom stereocenters. The second kappa shape index (κ2) is 5.16. The Kier molecular flexibility index (Phi) is 3.90. The van der Waals surface area contributed by atoms with E-state index in [4.69, 9.17) is 0 Å². The molecule has 1 aliphatic carbocycles. The first-order chi connectivity index (χ1) is 8.85. The molecule has 4 heteroatoms. The monoisotopic (exact) mass is 272 g/mol. The summed E-state index contributed by atoms with van der Waals surface area (Å²) in [5.74, 6) is 0.634. The first-order valence-electron chi connectivity index (χ1n) is 6.75. The highest BCUT2D eigenvalue weighted by molar-refractivity contribution is 5.29. The topological polar surface area (TPSA) is 20.2 Å². The number of benzene rings is 1. The molecular formula is C15H19F3O. The third-order valence-corrected chi connectivity index (χ3v) is 4.26. The number of aliphatic hydroxyl groups is 1. The fourth-order valence-corrected chi connectivity index (χ4v) is 2.82. The molecule has 0 unspecified atom stereocenters. The summed E-state index contributed by atoms with van der Waals surface area (Å²) >= 11 is 0. The van der Waals surface area contributed by atoms with E-state index in [0.29, 0.717) is 24.3 Å². The van der Waals surface area contributed by atoms with Crippen LogP contribution in [-0.4, -0.2) is 5.11 Å². The Morgan fingerprint density at radius 2 is 1.68 bits per heavy atom. The van der Waals surface area contributed by atoms with Crippen LogP contribution in [0, 0.1) is 5.92 Å². The molecule has 0 spiro atoms. The van der Waals surface area contributed by atoms with Gasteiger partial charge in [-0.3, -0.25) is 0 Å². The number of hydrogen-bond donors (Lipinski definition) is 1. The van der Waals surface area contributed by atoms with Crippen molar-refractivity contribution in [1.82, 2.24) is 0 Å². The number of alkyl halides is 3. The molecule has 1 aromatic rings. The minimum Gasteiger partial charge on any atom is -0.385 e. The average molecular weight is 272 g/mol. The molecule has 1 fully saturated rings. The molecule has 0 radical (unpaired) electrons. The smallest absolute Gasteiger partial charge is 0.385 e. The van der Waals surface area contributed by atoms with Gasteiger partial charge >= 0.3 is 6.18 Å². The van der Waals surface area contributed by atoms with Gasteiger partial charge in [-0.1, -0.05) is 25.5 Å². The molecule has 0 aliphatic heterocycles. The molecule has 1 saturated carbocycles. The van der Waals surface area contributed by atoms with Crippen LogP contribution in [0.4, 0.5) is 13.2 Å². The van der Waals surface area contributed by atoms with Gasteiger partial charge in [0.15, 0.2) is 0 Å². The maximum Gasteiger partial charge on any atom is 0.416 e. The van der Waals surface area contributed by atoms with Gasteiger partial charge in [-0.2, -0.15) is 13.2 Å². The van der Waals surface area contributed by atoms with Crippen LogP contribution >= 0.6 is 0 Å². The lowest BCUT2D eigenvalue weighted by molar-refractivity contribution is -0.137. The summed E-state index contributed by atoms with van der Waals surface area (Å²) in [5.41, 5.74) is -1.01. The fourth-order valence-electron chi connectivity index (χ4n) is 2.82. The first kappa shape index (κ1) is 14.4. The molecule has 1 aromatic carbocycles. The van der Waals surface area contributed by atoms with Crippen LogP contribution in [0.1, 0.15) is 50.2 Å². The summed E-state index contributed by atoms with van der Waals surface area (Å²) in [6.07, 6.45) is -0.0695. The number of halogens is 3. The van der Waals surface area contributed by atoms with E-state index in [1.165, 1.54) is 12.1 Å². The Labute approximate surface area is 111 Å². The second-order valence-corrected chi connectivity index (χ2v) is 5.46. The standard InChI is InChI=1S/C15H19F3O/c1-2-11-7-9-14(19,10-8-11)12-3-5-13(6-4-12)15(16,17)18/h3-6,11,19H,2,7-10H2,1H3. The van der Waals surface area contributed by atoms with Gasteiger partial charge in [-0.25, -0.2) is 0 Å². The average Bonchev–Trinajstić information content (AvgIpc) is 2.39. The van der Waals surface area contributed by atoms with Crippen LogP contribution in [-0.2, 0) is 11.8 Å². The Morgan fingerprint density at radius 3 is 2.11 bits per heavy atom. The third-order valence-electron chi connectivity index (χ3n) is 4.26. The van der Waals surface area contributed by atoms with Crippen molar-refractivity contribution in [2.45, 2.75) is 50.8 Å². The minimum atomic E-state index is -4.32. The van der Waals surface area contributed by atoms with E-state index in [2.05, 4.69) is 6.92 Å². The molecule has 19 heavy (non-hydrogen) atoms. The second-order valence-electron chi connectivity index (χ2n) is 5.46. The summed E-state index contributed by atoms with van der Waals surface area (Å²) in [5, 5.41) is 10.6. The van der Waals surface area contributed by atoms with Gasteiger partial charge in [0.05, 0.1) is 11.2 Å². The molecule has 1 nitrogen and oxygen atoms in total. The van der Waals surface area contributed by atoms with E-state index in [1.807, 2.05) is 0 Å². The van der Waals surface area contributed by atoms with E-state index < -0.39 is 17.3 Å². The summed E-state index contributed by atoms with van der Waals surface area (Å²) in [4.78, 5) is 0. The maximum absolute atomic E-state index is 12.5. The summed E-state index contributed by atoms with van der Waals surface area (Å²) in [7, 11) is 0. The SMILES string of the molecule is CCC1CCC(O)(c2ccc(C(F)(F)F)cc2)CC1. The van der Waals surface area contributed by atoms with Crippen LogP contribution in [0.3, 0.4) is 0 Å². The normalized spacial score (nSPS) is 28.4. The quantitative estimate of drug-likeness (QED) is 0.840. The van der Waals surface area contributed by atoms with E-state index >= 15 is 0 Å². The lowest BCUT2D eigenvalue weighted by Gasteiger charge is -2.36. The lowest BCUT2D eigenvalue weighted by Crippen LogP contribution is -2.31. The van der Waals surface area contributed by atoms with Gasteiger partial charge in [-0.15, -0.1) is 0 Å². The van der Waals surface area contributed by atoms with E-state index in [0.717, 1.165) is 31.4 Å². The predicted molar refractivity (Wildman–Crippen MR) is 67.6 cm³/mol. The lowest BCUT2D eigenvalue weighted by atomic mass is 9.74. The van der Waals surface area contributed by atoms with E-state index in [1.54, 1.807) is 0 Å². The van der Waals surface area contributed by atoms with Crippen LogP contribution in [0.5, 0.6) is 0 Å². The summed E-state index contributed by atoms with van der Waals surface area (Å²) in [6, 6.07) is 4.93. The molecule has 0 heterocycles. The van der Waals surface area contributed by atoms with Crippen LogP contribution in [0.15, 0.2) is 24.3 Å². The minimum absolute atomic E-state index is 0.607. The van der Waals surface area contributed by atoms with Gasteiger partial charge in [0.2, 0.25) is 0 Å². The van der Waals surface area contributed by atoms with Crippen molar-refractivity contribution in [3.05, 3.63) is 35.4 Å². The van der Waals surface area contributed by atoms with Crippen molar-refractivity contribution < 1.29 is 18.3 Å². The molecule has 1 N–H and O–H groups in total. The molecule has 1 aliphatic rings. The first-order valence-corrected chi connectivity index (χ1v) is 6.75. The predicted octanol–water partition coefficient (Wildman–Crippen LogP) is 4.49. The molecule has 0 saturated heterocycles. The largest absolute Gasteiger partial charge is 0.416 e. The van der Waals surface area contributed by atoms with Gasteiger partial charge in [0, 0.05) is 0 Å². The molecule has 0 bridgehead atoms. The summed E-state index contributed by atoms with van der Waals surface area (Å²) < 4.78 is 37.5. The molecular weight excluding hydrogens is 253 g/mol. The van der Waals surface area contributed by atoms with Crippen molar-refractivity contribution in [3.63, 3.8) is 0 Å². The Hall–Kier alpha value is -1.03. The van der Waals surface area contributed by atoms with Crippen LogP contribution in [0.2, 0.25) is 0 Å². The zero-order valence-electron chi connectivity index (χ0n) is 11.0. The van der Waals surface area contributed by atoms with Crippen LogP contribution in [0.25, 0.3) is 0 Å². The molecule has 106 valence electrons. The van der Waals surface area contributed by atoms with Crippen molar-refractivity contribution in [3.8, 4) is 0 Å². The van der Waals surface area contributed by atoms with Gasteiger partial charge in [-0.05, 0) is 49.3 Å². The van der Waals surface area contributed by atoms with E-state index in [-0.39, 0.29) is 0 Å². The van der Waals surface area contributed by atoms with Crippen LogP contribution < -0.4 is 0 Å². The van der Waals surface area contributed by atoms with Gasteiger partial charge in [0.25, 0.3) is 0 Å². The van der Waals surface area contributed by atoms with Crippen molar-refractivity contribution in [1.29, 1.82) is 0 Å². The third kappa shape index (κ3) is 3.11. The highest BCUT2D eigenvalue weighted by Crippen LogP contribution is 2.41. The van der Waals surface area contributed by atoms with Crippen molar-refractivity contribution >= 4 is 0 Å². The Morgan fingerprint density at radius 1 is 1.16 bits per heavy atom. The van der Waals surface area contributed by atoms with E-state index in [9.17, 15) is 18.3 Å². The van der Waals surface area contributed by atoms with Crippen molar-refractivity contribution in [2.75, 3.05) is 0 Å². The van der Waals surface area contributed by atoms with Crippen molar-refractivity contribution in [2.24, 2.45) is 5.92 Å². The highest BCUT2D eigenvalue weighted by Gasteiger charge is 2.35. The van der Waals surface area contributed by atoms with Gasteiger partial charge in [0.1, 0.15) is 0 Å². The summed E-state index contributed by atoms with van der Waals surface area (Å²) in [6.45, 7) is 2.13. The molecule has 0 aromatic heterocycles. The molecule has 2 rings (SSSR count). The Bertz CT molecular complexity index is 414. The Balaban J connectivity index is 2.14.